The highest BCUT2D eigenvalue weighted by molar-refractivity contribution is 5.69. The molecule has 1 aromatic rings. The molecular weight excluding hydrogens is 306 g/mol. The Morgan fingerprint density at radius 1 is 1.38 bits per heavy atom. The number of ether oxygens (including phenoxy) is 1. The summed E-state index contributed by atoms with van der Waals surface area (Å²) in [5.74, 6) is 0. The number of carbonyl (C=O) groups excluding carboxylic acids is 1. The number of amides is 1. The molecular formula is C18H29N3O3. The first-order chi connectivity index (χ1) is 11.2. The maximum Gasteiger partial charge on any atom is 0.410 e. The molecule has 1 N–H and O–H groups in total. The van der Waals surface area contributed by atoms with Crippen molar-refractivity contribution in [3.8, 4) is 0 Å². The molecule has 2 bridgehead atoms. The molecule has 0 saturated carbocycles. The maximum absolute atomic E-state index is 12.6. The zero-order valence-electron chi connectivity index (χ0n) is 15.2. The Labute approximate surface area is 143 Å². The second-order valence-electron chi connectivity index (χ2n) is 8.15. The molecule has 2 aliphatic heterocycles. The summed E-state index contributed by atoms with van der Waals surface area (Å²) in [6.07, 6.45) is 7.49. The Morgan fingerprint density at radius 2 is 2.00 bits per heavy atom. The Hall–Kier alpha value is -1.56. The van der Waals surface area contributed by atoms with Gasteiger partial charge in [-0.15, -0.1) is 0 Å². The van der Waals surface area contributed by atoms with Gasteiger partial charge in [-0.1, -0.05) is 0 Å². The monoisotopic (exact) mass is 335 g/mol. The largest absolute Gasteiger partial charge is 0.444 e. The van der Waals surface area contributed by atoms with Crippen molar-refractivity contribution in [3.63, 3.8) is 0 Å². The molecule has 0 radical (unpaired) electrons. The summed E-state index contributed by atoms with van der Waals surface area (Å²) < 4.78 is 7.43. The van der Waals surface area contributed by atoms with Crippen LogP contribution in [0.25, 0.3) is 0 Å². The third kappa shape index (κ3) is 3.29. The van der Waals surface area contributed by atoms with E-state index < -0.39 is 11.2 Å². The Kier molecular flexibility index (Phi) is 4.36. The van der Waals surface area contributed by atoms with E-state index in [2.05, 4.69) is 5.10 Å². The molecule has 6 nitrogen and oxygen atoms in total. The molecule has 2 saturated heterocycles. The van der Waals surface area contributed by atoms with Gasteiger partial charge in [-0.2, -0.15) is 5.10 Å². The molecule has 0 aliphatic carbocycles. The number of hydrogen-bond acceptors (Lipinski definition) is 4. The van der Waals surface area contributed by atoms with Gasteiger partial charge in [0.1, 0.15) is 5.60 Å². The minimum Gasteiger partial charge on any atom is -0.444 e. The lowest BCUT2D eigenvalue weighted by Gasteiger charge is -2.51. The lowest BCUT2D eigenvalue weighted by molar-refractivity contribution is -0.0965. The predicted molar refractivity (Wildman–Crippen MR) is 90.5 cm³/mol. The van der Waals surface area contributed by atoms with Gasteiger partial charge in [0.15, 0.2) is 0 Å². The van der Waals surface area contributed by atoms with Gasteiger partial charge in [-0.05, 0) is 47.0 Å². The van der Waals surface area contributed by atoms with Crippen LogP contribution in [-0.4, -0.2) is 43.6 Å². The zero-order chi connectivity index (χ0) is 17.5. The fraction of sp³-hybridized carbons (Fsp3) is 0.778. The molecule has 0 aromatic carbocycles. The first-order valence-electron chi connectivity index (χ1n) is 8.98. The van der Waals surface area contributed by atoms with Crippen molar-refractivity contribution in [2.75, 3.05) is 0 Å². The molecule has 2 unspecified atom stereocenters. The lowest BCUT2D eigenvalue weighted by Crippen LogP contribution is -2.59. The second kappa shape index (κ2) is 6.06. The van der Waals surface area contributed by atoms with Crippen molar-refractivity contribution in [3.05, 3.63) is 18.0 Å². The summed E-state index contributed by atoms with van der Waals surface area (Å²) in [5, 5.41) is 15.6. The van der Waals surface area contributed by atoms with Gasteiger partial charge >= 0.3 is 6.09 Å². The van der Waals surface area contributed by atoms with Gasteiger partial charge in [0.2, 0.25) is 0 Å². The van der Waals surface area contributed by atoms with Crippen LogP contribution in [0, 0.1) is 0 Å². The van der Waals surface area contributed by atoms with Gasteiger partial charge in [-0.25, -0.2) is 4.79 Å². The van der Waals surface area contributed by atoms with Crippen LogP contribution in [0.1, 0.15) is 65.4 Å². The van der Waals surface area contributed by atoms with Crippen LogP contribution < -0.4 is 0 Å². The first kappa shape index (κ1) is 17.3. The van der Waals surface area contributed by atoms with Crippen LogP contribution in [0.15, 0.2) is 12.4 Å². The smallest absolute Gasteiger partial charge is 0.410 e. The van der Waals surface area contributed by atoms with Crippen molar-refractivity contribution in [1.29, 1.82) is 0 Å². The standard InChI is InChI=1S/C18H29N3O3/c1-5-20-12-13(11-19-20)18(23)9-14-7-6-8-15(10-18)21(14)16(22)24-17(2,3)4/h11-12,14-15,23H,5-10H2,1-4H3. The quantitative estimate of drug-likeness (QED) is 0.902. The lowest BCUT2D eigenvalue weighted by atomic mass is 9.73. The molecule has 1 amide bonds. The number of aliphatic hydroxyl groups is 1. The average Bonchev–Trinajstić information content (AvgIpc) is 2.94. The van der Waals surface area contributed by atoms with Crippen molar-refractivity contribution < 1.29 is 14.6 Å². The topological polar surface area (TPSA) is 67.6 Å². The van der Waals surface area contributed by atoms with E-state index in [9.17, 15) is 9.90 Å². The van der Waals surface area contributed by atoms with Gasteiger partial charge in [0.05, 0.1) is 11.8 Å². The minimum absolute atomic E-state index is 0.0299. The van der Waals surface area contributed by atoms with Crippen molar-refractivity contribution in [2.45, 2.75) is 89.6 Å². The first-order valence-corrected chi connectivity index (χ1v) is 8.98. The Balaban J connectivity index is 1.81. The molecule has 24 heavy (non-hydrogen) atoms. The minimum atomic E-state index is -0.901. The molecule has 3 rings (SSSR count). The summed E-state index contributed by atoms with van der Waals surface area (Å²) in [4.78, 5) is 14.5. The van der Waals surface area contributed by atoms with Crippen molar-refractivity contribution in [1.82, 2.24) is 14.7 Å². The third-order valence-electron chi connectivity index (χ3n) is 5.11. The molecule has 3 heterocycles. The molecule has 2 aliphatic rings. The third-order valence-corrected chi connectivity index (χ3v) is 5.11. The van der Waals surface area contributed by atoms with E-state index in [0.717, 1.165) is 31.4 Å². The number of nitrogens with zero attached hydrogens (tertiary/aromatic N) is 3. The fourth-order valence-corrected chi connectivity index (χ4v) is 4.05. The number of hydrogen-bond donors (Lipinski definition) is 1. The molecule has 2 fully saturated rings. The molecule has 2 atom stereocenters. The summed E-state index contributed by atoms with van der Waals surface area (Å²) in [6, 6.07) is 0.0599. The van der Waals surface area contributed by atoms with E-state index in [1.54, 1.807) is 6.20 Å². The number of carbonyl (C=O) groups is 1. The maximum atomic E-state index is 12.6. The van der Waals surface area contributed by atoms with Crippen molar-refractivity contribution >= 4 is 6.09 Å². The fourth-order valence-electron chi connectivity index (χ4n) is 4.05. The number of fused-ring (bicyclic) bond motifs is 2. The SMILES string of the molecule is CCn1cc(C2(O)CC3CCCC(C2)N3C(=O)OC(C)(C)C)cn1. The summed E-state index contributed by atoms with van der Waals surface area (Å²) in [6.45, 7) is 8.48. The van der Waals surface area contributed by atoms with Gasteiger partial charge < -0.3 is 14.7 Å². The van der Waals surface area contributed by atoms with E-state index in [1.807, 2.05) is 43.5 Å². The molecule has 6 heteroatoms. The Morgan fingerprint density at radius 3 is 2.50 bits per heavy atom. The average molecular weight is 335 g/mol. The van der Waals surface area contributed by atoms with E-state index >= 15 is 0 Å². The highest BCUT2D eigenvalue weighted by atomic mass is 16.6. The van der Waals surface area contributed by atoms with Crippen molar-refractivity contribution in [2.24, 2.45) is 0 Å². The van der Waals surface area contributed by atoms with E-state index in [0.29, 0.717) is 12.8 Å². The summed E-state index contributed by atoms with van der Waals surface area (Å²) in [5.41, 5.74) is -0.534. The molecule has 0 spiro atoms. The van der Waals surface area contributed by atoms with E-state index in [4.69, 9.17) is 4.74 Å². The van der Waals surface area contributed by atoms with Crippen LogP contribution in [-0.2, 0) is 16.9 Å². The predicted octanol–water partition coefficient (Wildman–Crippen LogP) is 3.04. The van der Waals surface area contributed by atoms with Crippen LogP contribution in [0.3, 0.4) is 0 Å². The van der Waals surface area contributed by atoms with Crippen LogP contribution in [0.4, 0.5) is 4.79 Å². The number of rotatable bonds is 2. The number of aryl methyl sites for hydroxylation is 1. The van der Waals surface area contributed by atoms with E-state index in [-0.39, 0.29) is 18.2 Å². The van der Waals surface area contributed by atoms with Gasteiger partial charge in [-0.3, -0.25) is 4.68 Å². The normalized spacial score (nSPS) is 30.3. The summed E-state index contributed by atoms with van der Waals surface area (Å²) >= 11 is 0. The summed E-state index contributed by atoms with van der Waals surface area (Å²) in [7, 11) is 0. The molecule has 1 aromatic heterocycles. The van der Waals surface area contributed by atoms with Crippen LogP contribution >= 0.6 is 0 Å². The van der Waals surface area contributed by atoms with Crippen LogP contribution in [0.2, 0.25) is 0 Å². The molecule has 134 valence electrons. The highest BCUT2D eigenvalue weighted by Crippen LogP contribution is 2.44. The van der Waals surface area contributed by atoms with Crippen LogP contribution in [0.5, 0.6) is 0 Å². The number of piperidine rings is 2. The van der Waals surface area contributed by atoms with E-state index in [1.165, 1.54) is 0 Å². The highest BCUT2D eigenvalue weighted by Gasteiger charge is 2.49. The Bertz CT molecular complexity index is 591. The van der Waals surface area contributed by atoms with Gasteiger partial charge in [0.25, 0.3) is 0 Å². The van der Waals surface area contributed by atoms with Gasteiger partial charge in [0, 0.05) is 43.2 Å². The second-order valence-corrected chi connectivity index (χ2v) is 8.15. The zero-order valence-corrected chi connectivity index (χ0v) is 15.2. The number of aromatic nitrogens is 2.